The Morgan fingerprint density at radius 1 is 1.45 bits per heavy atom. The fraction of sp³-hybridized carbons (Fsp3) is 0.500. The number of aliphatic imine (C=N–C) groups is 1. The average Bonchev–Trinajstić information content (AvgIpc) is 2.53. The Morgan fingerprint density at radius 2 is 2.32 bits per heavy atom. The molecule has 1 heterocycles. The molecule has 1 aliphatic heterocycles. The van der Waals surface area contributed by atoms with Crippen molar-refractivity contribution in [3.05, 3.63) is 29.3 Å². The summed E-state index contributed by atoms with van der Waals surface area (Å²) in [5.74, 6) is 1.41. The quantitative estimate of drug-likeness (QED) is 0.369. The van der Waals surface area contributed by atoms with Crippen LogP contribution in [0.4, 0.5) is 0 Å². The fourth-order valence-electron chi connectivity index (χ4n) is 2.47. The van der Waals surface area contributed by atoms with Crippen molar-refractivity contribution in [1.29, 1.82) is 5.26 Å². The summed E-state index contributed by atoms with van der Waals surface area (Å²) < 4.78 is 5.80. The van der Waals surface area contributed by atoms with E-state index in [1.807, 2.05) is 6.07 Å². The van der Waals surface area contributed by atoms with Gasteiger partial charge < -0.3 is 20.3 Å². The molecular formula is C16H23N5O. The van der Waals surface area contributed by atoms with Crippen molar-refractivity contribution in [2.45, 2.75) is 19.4 Å². The van der Waals surface area contributed by atoms with Crippen LogP contribution in [0.3, 0.4) is 0 Å². The van der Waals surface area contributed by atoms with E-state index in [9.17, 15) is 0 Å². The van der Waals surface area contributed by atoms with Crippen LogP contribution < -0.4 is 15.4 Å². The van der Waals surface area contributed by atoms with Crippen LogP contribution in [-0.2, 0) is 13.0 Å². The Kier molecular flexibility index (Phi) is 6.04. The molecule has 0 aromatic heterocycles. The number of hydrogen-bond donors (Lipinski definition) is 2. The molecule has 0 aliphatic carbocycles. The molecule has 0 spiro atoms. The van der Waals surface area contributed by atoms with Crippen molar-refractivity contribution < 1.29 is 4.74 Å². The van der Waals surface area contributed by atoms with E-state index in [1.165, 1.54) is 11.1 Å². The van der Waals surface area contributed by atoms with Gasteiger partial charge in [0.2, 0.25) is 12.2 Å². The zero-order valence-electron chi connectivity index (χ0n) is 13.2. The highest BCUT2D eigenvalue weighted by Gasteiger charge is 2.13. The zero-order chi connectivity index (χ0) is 15.8. The summed E-state index contributed by atoms with van der Waals surface area (Å²) in [6, 6.07) is 6.37. The van der Waals surface area contributed by atoms with Crippen LogP contribution in [0.15, 0.2) is 23.2 Å². The van der Waals surface area contributed by atoms with Gasteiger partial charge in [-0.05, 0) is 43.1 Å². The molecular weight excluding hydrogens is 278 g/mol. The lowest BCUT2D eigenvalue weighted by Crippen LogP contribution is -2.35. The van der Waals surface area contributed by atoms with Crippen LogP contribution in [0, 0.1) is 11.5 Å². The third-order valence-corrected chi connectivity index (χ3v) is 3.66. The molecule has 118 valence electrons. The van der Waals surface area contributed by atoms with E-state index in [1.54, 1.807) is 13.2 Å². The van der Waals surface area contributed by atoms with Crippen molar-refractivity contribution in [2.24, 2.45) is 4.99 Å². The van der Waals surface area contributed by atoms with Gasteiger partial charge in [0.25, 0.3) is 0 Å². The van der Waals surface area contributed by atoms with Crippen LogP contribution in [-0.4, -0.2) is 44.7 Å². The van der Waals surface area contributed by atoms with Gasteiger partial charge >= 0.3 is 0 Å². The molecule has 0 radical (unpaired) electrons. The highest BCUT2D eigenvalue weighted by atomic mass is 16.5. The van der Waals surface area contributed by atoms with Crippen LogP contribution in [0.25, 0.3) is 0 Å². The van der Waals surface area contributed by atoms with Gasteiger partial charge in [-0.25, -0.2) is 0 Å². The summed E-state index contributed by atoms with van der Waals surface area (Å²) in [5.41, 5.74) is 2.79. The number of benzene rings is 1. The third-order valence-electron chi connectivity index (χ3n) is 3.66. The molecule has 0 saturated heterocycles. The van der Waals surface area contributed by atoms with Crippen molar-refractivity contribution in [3.8, 4) is 11.9 Å². The minimum atomic E-state index is 0.485. The molecule has 0 fully saturated rings. The lowest BCUT2D eigenvalue weighted by Gasteiger charge is -2.25. The number of nitrogens with zero attached hydrogens (tertiary/aromatic N) is 3. The molecule has 2 rings (SSSR count). The topological polar surface area (TPSA) is 72.7 Å². The lowest BCUT2D eigenvalue weighted by atomic mass is 10.00. The smallest absolute Gasteiger partial charge is 0.209 e. The van der Waals surface area contributed by atoms with Gasteiger partial charge in [0.05, 0.1) is 6.61 Å². The Morgan fingerprint density at radius 3 is 3.09 bits per heavy atom. The Balaban J connectivity index is 1.75. The molecule has 0 amide bonds. The first-order valence-electron chi connectivity index (χ1n) is 7.54. The molecule has 2 N–H and O–H groups in total. The predicted molar refractivity (Wildman–Crippen MR) is 86.7 cm³/mol. The van der Waals surface area contributed by atoms with Crippen molar-refractivity contribution in [1.82, 2.24) is 15.5 Å². The maximum Gasteiger partial charge on any atom is 0.209 e. The SMILES string of the molecule is CNC(=NC#N)NCCCOc1ccc2c(c1)CN(C)CC2. The van der Waals surface area contributed by atoms with Crippen LogP contribution in [0.5, 0.6) is 5.75 Å². The molecule has 22 heavy (non-hydrogen) atoms. The number of nitriles is 1. The van der Waals surface area contributed by atoms with Gasteiger partial charge in [0.15, 0.2) is 0 Å². The second-order valence-electron chi connectivity index (χ2n) is 5.36. The van der Waals surface area contributed by atoms with Crippen LogP contribution >= 0.6 is 0 Å². The first-order valence-corrected chi connectivity index (χ1v) is 7.54. The molecule has 1 aliphatic rings. The molecule has 1 aromatic rings. The van der Waals surface area contributed by atoms with Gasteiger partial charge in [-0.1, -0.05) is 6.07 Å². The summed E-state index contributed by atoms with van der Waals surface area (Å²) >= 11 is 0. The normalized spacial score (nSPS) is 14.9. The maximum absolute atomic E-state index is 8.49. The monoisotopic (exact) mass is 301 g/mol. The molecule has 1 aromatic carbocycles. The van der Waals surface area contributed by atoms with Gasteiger partial charge in [-0.15, -0.1) is 4.99 Å². The van der Waals surface area contributed by atoms with E-state index in [-0.39, 0.29) is 0 Å². The third kappa shape index (κ3) is 4.64. The minimum absolute atomic E-state index is 0.485. The van der Waals surface area contributed by atoms with E-state index < -0.39 is 0 Å². The summed E-state index contributed by atoms with van der Waals surface area (Å²) in [6.45, 7) is 3.45. The van der Waals surface area contributed by atoms with E-state index >= 15 is 0 Å². The second kappa shape index (κ2) is 8.25. The van der Waals surface area contributed by atoms with E-state index in [0.717, 1.165) is 31.7 Å². The van der Waals surface area contributed by atoms with E-state index in [4.69, 9.17) is 10.00 Å². The minimum Gasteiger partial charge on any atom is -0.494 e. The number of guanidine groups is 1. The van der Waals surface area contributed by atoms with E-state index in [2.05, 4.69) is 39.7 Å². The number of ether oxygens (including phenoxy) is 1. The summed E-state index contributed by atoms with van der Waals surface area (Å²) in [6.07, 6.45) is 3.69. The summed E-state index contributed by atoms with van der Waals surface area (Å²) in [4.78, 5) is 5.93. The fourth-order valence-corrected chi connectivity index (χ4v) is 2.47. The summed E-state index contributed by atoms with van der Waals surface area (Å²) in [7, 11) is 3.87. The average molecular weight is 301 g/mol. The Labute approximate surface area is 131 Å². The predicted octanol–water partition coefficient (Wildman–Crippen LogP) is 1.09. The second-order valence-corrected chi connectivity index (χ2v) is 5.36. The molecule has 6 heteroatoms. The first-order chi connectivity index (χ1) is 10.7. The molecule has 0 bridgehead atoms. The maximum atomic E-state index is 8.49. The molecule has 0 atom stereocenters. The largest absolute Gasteiger partial charge is 0.494 e. The van der Waals surface area contributed by atoms with Crippen LogP contribution in [0.2, 0.25) is 0 Å². The van der Waals surface area contributed by atoms with E-state index in [0.29, 0.717) is 19.1 Å². The number of hydrogen-bond acceptors (Lipinski definition) is 4. The number of rotatable bonds is 5. The molecule has 6 nitrogen and oxygen atoms in total. The molecule has 0 saturated carbocycles. The van der Waals surface area contributed by atoms with Gasteiger partial charge in [-0.2, -0.15) is 5.26 Å². The van der Waals surface area contributed by atoms with Crippen molar-refractivity contribution in [2.75, 3.05) is 33.8 Å². The van der Waals surface area contributed by atoms with Gasteiger partial charge in [0.1, 0.15) is 5.75 Å². The standard InChI is InChI=1S/C16H23N5O/c1-18-16(20-12-17)19-7-3-9-22-15-5-4-13-6-8-21(2)11-14(13)10-15/h4-5,10H,3,6-9,11H2,1-2H3,(H2,18,19,20). The van der Waals surface area contributed by atoms with Crippen molar-refractivity contribution >= 4 is 5.96 Å². The highest BCUT2D eigenvalue weighted by molar-refractivity contribution is 5.80. The number of likely N-dealkylation sites (N-methyl/N-ethyl adjacent to an activating group) is 1. The zero-order valence-corrected chi connectivity index (χ0v) is 13.2. The number of nitrogens with one attached hydrogen (secondary N) is 2. The molecule has 0 unspecified atom stereocenters. The first kappa shape index (κ1) is 16.1. The van der Waals surface area contributed by atoms with Gasteiger partial charge in [0, 0.05) is 26.7 Å². The van der Waals surface area contributed by atoms with Crippen molar-refractivity contribution in [3.63, 3.8) is 0 Å². The Bertz CT molecular complexity index is 564. The highest BCUT2D eigenvalue weighted by Crippen LogP contribution is 2.23. The Hall–Kier alpha value is -2.26. The van der Waals surface area contributed by atoms with Gasteiger partial charge in [-0.3, -0.25) is 0 Å². The summed E-state index contributed by atoms with van der Waals surface area (Å²) in [5, 5.41) is 14.4. The van der Waals surface area contributed by atoms with Crippen LogP contribution in [0.1, 0.15) is 17.5 Å². The lowest BCUT2D eigenvalue weighted by molar-refractivity contribution is 0.300. The number of fused-ring (bicyclic) bond motifs is 1.